The number of rotatable bonds is 3. The largest absolute Gasteiger partial charge is 0.339 e. The summed E-state index contributed by atoms with van der Waals surface area (Å²) < 4.78 is 0. The van der Waals surface area contributed by atoms with E-state index in [0.29, 0.717) is 22.3 Å². The third kappa shape index (κ3) is 4.13. The maximum Gasteiger partial charge on any atom is 0.254 e. The highest BCUT2D eigenvalue weighted by Crippen LogP contribution is 2.30. The van der Waals surface area contributed by atoms with Gasteiger partial charge < -0.3 is 10.2 Å². The van der Waals surface area contributed by atoms with Gasteiger partial charge in [-0.05, 0) is 61.9 Å². The van der Waals surface area contributed by atoms with E-state index in [-0.39, 0.29) is 5.91 Å². The highest BCUT2D eigenvalue weighted by Gasteiger charge is 2.21. The van der Waals surface area contributed by atoms with Crippen LogP contribution in [0.3, 0.4) is 0 Å². The number of piperidine rings is 1. The number of aryl methyl sites for hydroxylation is 2. The van der Waals surface area contributed by atoms with Crippen LogP contribution in [0.2, 0.25) is 5.02 Å². The van der Waals surface area contributed by atoms with Crippen molar-refractivity contribution in [3.05, 3.63) is 52.2 Å². The van der Waals surface area contributed by atoms with Gasteiger partial charge in [0.1, 0.15) is 5.82 Å². The number of pyridine rings is 1. The lowest BCUT2D eigenvalue weighted by Crippen LogP contribution is -2.37. The van der Waals surface area contributed by atoms with E-state index >= 15 is 0 Å². The quantitative estimate of drug-likeness (QED) is 0.843. The molecule has 1 aromatic carbocycles. The van der Waals surface area contributed by atoms with Crippen LogP contribution in [0.15, 0.2) is 30.5 Å². The summed E-state index contributed by atoms with van der Waals surface area (Å²) in [5.74, 6) is 1.40. The third-order valence-corrected chi connectivity index (χ3v) is 5.06. The van der Waals surface area contributed by atoms with E-state index in [1.54, 1.807) is 18.3 Å². The van der Waals surface area contributed by atoms with E-state index in [2.05, 4.69) is 23.3 Å². The van der Waals surface area contributed by atoms with Crippen molar-refractivity contribution >= 4 is 29.0 Å². The molecule has 1 saturated heterocycles. The van der Waals surface area contributed by atoms with Crippen LogP contribution in [0.5, 0.6) is 0 Å². The minimum atomic E-state index is 0.0732. The van der Waals surface area contributed by atoms with Gasteiger partial charge in [0, 0.05) is 24.8 Å². The molecule has 4 nitrogen and oxygen atoms in total. The molecule has 1 fully saturated rings. The summed E-state index contributed by atoms with van der Waals surface area (Å²) >= 11 is 6.36. The number of hydrogen-bond donors (Lipinski definition) is 1. The summed E-state index contributed by atoms with van der Waals surface area (Å²) in [4.78, 5) is 19.0. The number of likely N-dealkylation sites (tertiary alicyclic amines) is 1. The van der Waals surface area contributed by atoms with Gasteiger partial charge in [0.05, 0.1) is 10.7 Å². The second kappa shape index (κ2) is 7.44. The summed E-state index contributed by atoms with van der Waals surface area (Å²) in [6.07, 6.45) is 3.81. The first-order chi connectivity index (χ1) is 11.9. The average Bonchev–Trinajstić information content (AvgIpc) is 2.58. The predicted molar refractivity (Wildman–Crippen MR) is 103 cm³/mol. The lowest BCUT2D eigenvalue weighted by atomic mass is 9.99. The Bertz CT molecular complexity index is 759. The zero-order valence-corrected chi connectivity index (χ0v) is 15.7. The number of nitrogens with one attached hydrogen (secondary N) is 1. The van der Waals surface area contributed by atoms with E-state index in [9.17, 15) is 4.79 Å². The summed E-state index contributed by atoms with van der Waals surface area (Å²) in [7, 11) is 0. The Labute approximate surface area is 154 Å². The van der Waals surface area contributed by atoms with Crippen LogP contribution in [0.4, 0.5) is 11.5 Å². The number of amides is 1. The Morgan fingerprint density at radius 3 is 2.64 bits per heavy atom. The Kier molecular flexibility index (Phi) is 5.28. The highest BCUT2D eigenvalue weighted by atomic mass is 35.5. The number of carbonyl (C=O) groups excluding carboxylic acids is 1. The Morgan fingerprint density at radius 1 is 1.24 bits per heavy atom. The van der Waals surface area contributed by atoms with Gasteiger partial charge in [-0.2, -0.15) is 0 Å². The molecule has 2 heterocycles. The summed E-state index contributed by atoms with van der Waals surface area (Å²) in [5, 5.41) is 3.91. The molecule has 1 aliphatic rings. The topological polar surface area (TPSA) is 45.2 Å². The van der Waals surface area contributed by atoms with Crippen LogP contribution in [-0.2, 0) is 0 Å². The molecule has 1 amide bonds. The highest BCUT2D eigenvalue weighted by molar-refractivity contribution is 6.33. The van der Waals surface area contributed by atoms with Gasteiger partial charge in [0.15, 0.2) is 0 Å². The number of nitrogens with zero attached hydrogens (tertiary/aromatic N) is 2. The maximum absolute atomic E-state index is 12.7. The van der Waals surface area contributed by atoms with Gasteiger partial charge in [-0.1, -0.05) is 24.6 Å². The smallest absolute Gasteiger partial charge is 0.254 e. The minimum Gasteiger partial charge on any atom is -0.339 e. The number of carbonyl (C=O) groups is 1. The summed E-state index contributed by atoms with van der Waals surface area (Å²) in [5.41, 5.74) is 3.65. The number of aromatic nitrogens is 1. The fraction of sp³-hybridized carbons (Fsp3) is 0.400. The molecule has 0 saturated carbocycles. The van der Waals surface area contributed by atoms with Crippen molar-refractivity contribution in [1.29, 1.82) is 0 Å². The molecule has 1 N–H and O–H groups in total. The average molecular weight is 358 g/mol. The lowest BCUT2D eigenvalue weighted by Gasteiger charge is -2.30. The summed E-state index contributed by atoms with van der Waals surface area (Å²) in [6, 6.07) is 7.56. The van der Waals surface area contributed by atoms with Crippen molar-refractivity contribution in [2.75, 3.05) is 18.4 Å². The molecule has 25 heavy (non-hydrogen) atoms. The molecule has 3 rings (SSSR count). The molecule has 0 bridgehead atoms. The van der Waals surface area contributed by atoms with Crippen molar-refractivity contribution in [1.82, 2.24) is 9.88 Å². The van der Waals surface area contributed by atoms with Crippen LogP contribution in [0.1, 0.15) is 41.3 Å². The predicted octanol–water partition coefficient (Wildman–Crippen LogP) is 4.97. The fourth-order valence-electron chi connectivity index (χ4n) is 3.23. The van der Waals surface area contributed by atoms with Crippen molar-refractivity contribution in [2.24, 2.45) is 5.92 Å². The first-order valence-electron chi connectivity index (χ1n) is 8.73. The first-order valence-corrected chi connectivity index (χ1v) is 9.11. The molecule has 1 aliphatic heterocycles. The molecule has 132 valence electrons. The fourth-order valence-corrected chi connectivity index (χ4v) is 3.60. The van der Waals surface area contributed by atoms with Gasteiger partial charge in [0.25, 0.3) is 5.91 Å². The summed E-state index contributed by atoms with van der Waals surface area (Å²) in [6.45, 7) is 7.91. The van der Waals surface area contributed by atoms with Crippen molar-refractivity contribution in [2.45, 2.75) is 33.6 Å². The van der Waals surface area contributed by atoms with E-state index in [4.69, 9.17) is 11.6 Å². The third-order valence-electron chi connectivity index (χ3n) is 4.76. The van der Waals surface area contributed by atoms with Crippen LogP contribution < -0.4 is 5.32 Å². The molecule has 5 heteroatoms. The number of benzene rings is 1. The lowest BCUT2D eigenvalue weighted by molar-refractivity contribution is 0.0697. The molecule has 0 aliphatic carbocycles. The van der Waals surface area contributed by atoms with Crippen LogP contribution in [0, 0.1) is 19.8 Å². The number of anilines is 2. The Balaban J connectivity index is 1.79. The minimum absolute atomic E-state index is 0.0732. The van der Waals surface area contributed by atoms with Gasteiger partial charge >= 0.3 is 0 Å². The molecule has 0 unspecified atom stereocenters. The van der Waals surface area contributed by atoms with E-state index < -0.39 is 0 Å². The maximum atomic E-state index is 12.7. The SMILES string of the molecule is Cc1cc(C)c(Nc2cc(C(=O)N3CCC(C)CC3)ccn2)c(Cl)c1. The zero-order chi connectivity index (χ0) is 18.0. The second-order valence-electron chi connectivity index (χ2n) is 6.97. The zero-order valence-electron chi connectivity index (χ0n) is 15.0. The molecule has 0 spiro atoms. The van der Waals surface area contributed by atoms with Crippen LogP contribution in [0.25, 0.3) is 0 Å². The van der Waals surface area contributed by atoms with Gasteiger partial charge in [0.2, 0.25) is 0 Å². The van der Waals surface area contributed by atoms with E-state index in [1.165, 1.54) is 0 Å². The Morgan fingerprint density at radius 2 is 1.96 bits per heavy atom. The molecule has 1 aromatic heterocycles. The standard InChI is InChI=1S/C20H24ClN3O/c1-13-5-8-24(9-6-13)20(25)16-4-7-22-18(12-16)23-19-15(3)10-14(2)11-17(19)21/h4,7,10-13H,5-6,8-9H2,1-3H3,(H,22,23). The van der Waals surface area contributed by atoms with E-state index in [1.807, 2.05) is 24.8 Å². The normalized spacial score (nSPS) is 15.3. The monoisotopic (exact) mass is 357 g/mol. The Hall–Kier alpha value is -2.07. The molecule has 0 atom stereocenters. The van der Waals surface area contributed by atoms with Crippen molar-refractivity contribution in [3.63, 3.8) is 0 Å². The molecule has 0 radical (unpaired) electrons. The van der Waals surface area contributed by atoms with Crippen molar-refractivity contribution < 1.29 is 4.79 Å². The molecular formula is C20H24ClN3O. The second-order valence-corrected chi connectivity index (χ2v) is 7.38. The van der Waals surface area contributed by atoms with Crippen molar-refractivity contribution in [3.8, 4) is 0 Å². The van der Waals surface area contributed by atoms with Gasteiger partial charge in [-0.25, -0.2) is 4.98 Å². The van der Waals surface area contributed by atoms with Crippen LogP contribution in [-0.4, -0.2) is 28.9 Å². The van der Waals surface area contributed by atoms with Crippen LogP contribution >= 0.6 is 11.6 Å². The molecular weight excluding hydrogens is 334 g/mol. The van der Waals surface area contributed by atoms with Gasteiger partial charge in [-0.15, -0.1) is 0 Å². The van der Waals surface area contributed by atoms with E-state index in [0.717, 1.165) is 42.7 Å². The first kappa shape index (κ1) is 17.7. The number of hydrogen-bond acceptors (Lipinski definition) is 3. The van der Waals surface area contributed by atoms with Gasteiger partial charge in [-0.3, -0.25) is 4.79 Å². The molecule has 2 aromatic rings. The number of halogens is 1.